The van der Waals surface area contributed by atoms with Crippen LogP contribution in [0.15, 0.2) is 100 Å². The highest BCUT2D eigenvalue weighted by Gasteiger charge is 2.33. The largest absolute Gasteiger partial charge is 0.466 e. The molecule has 1 aliphatic heterocycles. The van der Waals surface area contributed by atoms with Gasteiger partial charge in [-0.1, -0.05) is 97.4 Å². The van der Waals surface area contributed by atoms with Gasteiger partial charge in [0.05, 0.1) is 29.0 Å². The minimum Gasteiger partial charge on any atom is -0.466 e. The van der Waals surface area contributed by atoms with Gasteiger partial charge >= 0.3 is 5.97 Å². The quantitative estimate of drug-likeness (QED) is 0.220. The number of para-hydroxylation sites is 1. The Bertz CT molecular complexity index is 2050. The molecule has 5 aromatic rings. The van der Waals surface area contributed by atoms with Crippen molar-refractivity contribution in [2.24, 2.45) is 4.99 Å². The molecule has 212 valence electrons. The van der Waals surface area contributed by atoms with E-state index in [2.05, 4.69) is 36.7 Å². The number of nitrogens with zero attached hydrogens (tertiary/aromatic N) is 3. The molecule has 6 nitrogen and oxygen atoms in total. The van der Waals surface area contributed by atoms with Gasteiger partial charge in [-0.2, -0.15) is 0 Å². The smallest absolute Gasteiger partial charge is 0.338 e. The van der Waals surface area contributed by atoms with Gasteiger partial charge < -0.3 is 9.30 Å². The Labute approximate surface area is 252 Å². The molecule has 8 heteroatoms. The van der Waals surface area contributed by atoms with E-state index < -0.39 is 12.0 Å². The zero-order valence-corrected chi connectivity index (χ0v) is 25.4. The summed E-state index contributed by atoms with van der Waals surface area (Å²) in [6, 6.07) is 23.4. The SMILES string of the molecule is COC(=O)C1=C(C)N=c2s/c(=C\c3cn(Cc4ccccc4Cl)c4ccccc34)c(=O)n2[C@H]1c1ccc(C(C)C)cc1. The molecule has 3 heterocycles. The van der Waals surface area contributed by atoms with Gasteiger partial charge in [-0.25, -0.2) is 9.79 Å². The van der Waals surface area contributed by atoms with E-state index in [1.165, 1.54) is 24.0 Å². The van der Waals surface area contributed by atoms with Crippen molar-refractivity contribution < 1.29 is 9.53 Å². The van der Waals surface area contributed by atoms with E-state index in [0.29, 0.717) is 38.1 Å². The van der Waals surface area contributed by atoms with Crippen LogP contribution in [0.5, 0.6) is 0 Å². The molecule has 0 bridgehead atoms. The Hall–Kier alpha value is -4.20. The van der Waals surface area contributed by atoms with E-state index in [-0.39, 0.29) is 5.56 Å². The molecule has 1 aliphatic rings. The number of halogens is 1. The van der Waals surface area contributed by atoms with Gasteiger partial charge in [-0.05, 0) is 47.7 Å². The molecule has 0 amide bonds. The molecule has 0 aliphatic carbocycles. The van der Waals surface area contributed by atoms with Crippen molar-refractivity contribution in [2.75, 3.05) is 7.11 Å². The van der Waals surface area contributed by atoms with E-state index in [1.54, 1.807) is 11.5 Å². The predicted octanol–water partition coefficient (Wildman–Crippen LogP) is 6.19. The number of hydrogen-bond donors (Lipinski definition) is 0. The molecular weight excluding hydrogens is 566 g/mol. The van der Waals surface area contributed by atoms with Gasteiger partial charge in [0.1, 0.15) is 0 Å². The Morgan fingerprint density at radius 3 is 2.50 bits per heavy atom. The average molecular weight is 596 g/mol. The Morgan fingerprint density at radius 1 is 1.07 bits per heavy atom. The lowest BCUT2D eigenvalue weighted by Gasteiger charge is -2.24. The van der Waals surface area contributed by atoms with Crippen LogP contribution in [0.1, 0.15) is 55.0 Å². The molecule has 0 radical (unpaired) electrons. The van der Waals surface area contributed by atoms with Crippen molar-refractivity contribution >= 4 is 45.9 Å². The average Bonchev–Trinajstić information content (AvgIpc) is 3.49. The molecule has 42 heavy (non-hydrogen) atoms. The van der Waals surface area contributed by atoms with E-state index in [4.69, 9.17) is 21.3 Å². The number of carbonyl (C=O) groups is 1. The van der Waals surface area contributed by atoms with E-state index in [9.17, 15) is 9.59 Å². The number of aromatic nitrogens is 2. The van der Waals surface area contributed by atoms with Crippen molar-refractivity contribution in [1.82, 2.24) is 9.13 Å². The maximum atomic E-state index is 14.1. The third-order valence-electron chi connectivity index (χ3n) is 7.75. The number of methoxy groups -OCH3 is 1. The van der Waals surface area contributed by atoms with Crippen LogP contribution < -0.4 is 14.9 Å². The second-order valence-corrected chi connectivity index (χ2v) is 12.1. The maximum absolute atomic E-state index is 14.1. The number of ether oxygens (including phenoxy) is 1. The molecule has 0 saturated carbocycles. The Kier molecular flexibility index (Phi) is 7.47. The fourth-order valence-electron chi connectivity index (χ4n) is 5.54. The summed E-state index contributed by atoms with van der Waals surface area (Å²) in [7, 11) is 1.35. The number of thiazole rings is 1. The minimum atomic E-state index is -0.640. The van der Waals surface area contributed by atoms with Crippen LogP contribution in [0.25, 0.3) is 17.0 Å². The highest BCUT2D eigenvalue weighted by molar-refractivity contribution is 7.07. The molecule has 0 saturated heterocycles. The molecule has 1 atom stereocenters. The van der Waals surface area contributed by atoms with E-state index in [1.807, 2.05) is 66.7 Å². The van der Waals surface area contributed by atoms with Crippen molar-refractivity contribution in [1.29, 1.82) is 0 Å². The maximum Gasteiger partial charge on any atom is 0.338 e. The van der Waals surface area contributed by atoms with Crippen molar-refractivity contribution in [3.05, 3.63) is 137 Å². The van der Waals surface area contributed by atoms with E-state index >= 15 is 0 Å². The van der Waals surface area contributed by atoms with Gasteiger partial charge in [-0.15, -0.1) is 0 Å². The first-order valence-corrected chi connectivity index (χ1v) is 15.0. The zero-order chi connectivity index (χ0) is 29.5. The van der Waals surface area contributed by atoms with Crippen molar-refractivity contribution in [3.63, 3.8) is 0 Å². The summed E-state index contributed by atoms with van der Waals surface area (Å²) in [4.78, 5) is 32.4. The highest BCUT2D eigenvalue weighted by Crippen LogP contribution is 2.31. The van der Waals surface area contributed by atoms with Gasteiger partial charge in [0.2, 0.25) is 0 Å². The Balaban J connectivity index is 1.51. The second-order valence-electron chi connectivity index (χ2n) is 10.7. The summed E-state index contributed by atoms with van der Waals surface area (Å²) in [5.74, 6) is -0.135. The summed E-state index contributed by atoms with van der Waals surface area (Å²) in [6.45, 7) is 6.66. The third-order valence-corrected chi connectivity index (χ3v) is 9.10. The fraction of sp³-hybridized carbons (Fsp3) is 0.206. The standard InChI is InChI=1S/C34H30ClN3O3S/c1-20(2)22-13-15-23(16-14-22)31-30(33(40)41-4)21(3)36-34-38(31)32(39)29(42-34)17-25-19-37(28-12-8-6-10-26(25)28)18-24-9-5-7-11-27(24)35/h5-17,19-20,31H,18H2,1-4H3/b29-17-/t31-/m0/s1. The van der Waals surface area contributed by atoms with Crippen LogP contribution in [0.4, 0.5) is 0 Å². The molecule has 0 spiro atoms. The van der Waals surface area contributed by atoms with Crippen molar-refractivity contribution in [3.8, 4) is 0 Å². The summed E-state index contributed by atoms with van der Waals surface area (Å²) in [5, 5.41) is 1.74. The van der Waals surface area contributed by atoms with Crippen LogP contribution in [-0.4, -0.2) is 22.2 Å². The molecular formula is C34H30ClN3O3S. The molecule has 0 N–H and O–H groups in total. The summed E-state index contributed by atoms with van der Waals surface area (Å²) >= 11 is 7.80. The first kappa shape index (κ1) is 27.9. The van der Waals surface area contributed by atoms with Crippen LogP contribution in [0.3, 0.4) is 0 Å². The van der Waals surface area contributed by atoms with Crippen LogP contribution >= 0.6 is 22.9 Å². The predicted molar refractivity (Wildman–Crippen MR) is 169 cm³/mol. The fourth-order valence-corrected chi connectivity index (χ4v) is 6.78. The lowest BCUT2D eigenvalue weighted by Crippen LogP contribution is -2.39. The first-order chi connectivity index (χ1) is 20.3. The van der Waals surface area contributed by atoms with Crippen LogP contribution in [-0.2, 0) is 16.1 Å². The molecule has 2 aromatic heterocycles. The Morgan fingerprint density at radius 2 is 1.79 bits per heavy atom. The molecule has 3 aromatic carbocycles. The second kappa shape index (κ2) is 11.2. The van der Waals surface area contributed by atoms with E-state index in [0.717, 1.165) is 27.6 Å². The number of allylic oxidation sites excluding steroid dienone is 1. The topological polar surface area (TPSA) is 65.6 Å². The number of carbonyl (C=O) groups excluding carboxylic acids is 1. The van der Waals surface area contributed by atoms with Gasteiger partial charge in [0.15, 0.2) is 4.80 Å². The number of rotatable bonds is 6. The van der Waals surface area contributed by atoms with Crippen molar-refractivity contribution in [2.45, 2.75) is 39.3 Å². The van der Waals surface area contributed by atoms with Gasteiger partial charge in [0, 0.05) is 34.2 Å². The number of benzene rings is 3. The molecule has 0 unspecified atom stereocenters. The summed E-state index contributed by atoms with van der Waals surface area (Å²) in [6.07, 6.45) is 3.98. The normalized spacial score (nSPS) is 15.3. The highest BCUT2D eigenvalue weighted by atomic mass is 35.5. The monoisotopic (exact) mass is 595 g/mol. The first-order valence-electron chi connectivity index (χ1n) is 13.8. The van der Waals surface area contributed by atoms with Crippen LogP contribution in [0, 0.1) is 0 Å². The lowest BCUT2D eigenvalue weighted by molar-refractivity contribution is -0.136. The number of fused-ring (bicyclic) bond motifs is 2. The lowest BCUT2D eigenvalue weighted by atomic mass is 9.93. The molecule has 6 rings (SSSR count). The van der Waals surface area contributed by atoms with Crippen LogP contribution in [0.2, 0.25) is 5.02 Å². The zero-order valence-electron chi connectivity index (χ0n) is 23.8. The number of esters is 1. The summed E-state index contributed by atoms with van der Waals surface area (Å²) < 4.78 is 9.47. The van der Waals surface area contributed by atoms with Gasteiger partial charge in [0.25, 0.3) is 5.56 Å². The number of hydrogen-bond acceptors (Lipinski definition) is 5. The summed E-state index contributed by atoms with van der Waals surface area (Å²) in [5.41, 5.74) is 5.70. The molecule has 0 fully saturated rings. The minimum absolute atomic E-state index is 0.200. The van der Waals surface area contributed by atoms with Gasteiger partial charge in [-0.3, -0.25) is 9.36 Å². The third kappa shape index (κ3) is 4.93.